The molecule has 106 valence electrons. The molecule has 0 aromatic carbocycles. The molecule has 0 bridgehead atoms. The van der Waals surface area contributed by atoms with Crippen LogP contribution in [0.3, 0.4) is 0 Å². The molecule has 3 atom stereocenters. The Balaban J connectivity index is 1.90. The summed E-state index contributed by atoms with van der Waals surface area (Å²) in [5.41, 5.74) is 0. The lowest BCUT2D eigenvalue weighted by Crippen LogP contribution is -2.43. The van der Waals surface area contributed by atoms with E-state index in [4.69, 9.17) is 0 Å². The third-order valence-corrected chi connectivity index (χ3v) is 4.37. The van der Waals surface area contributed by atoms with Crippen LogP contribution in [0.4, 0.5) is 13.2 Å². The number of likely N-dealkylation sites (tertiary alicyclic amines) is 1. The molecule has 0 aromatic heterocycles. The van der Waals surface area contributed by atoms with Gasteiger partial charge in [0.25, 0.3) is 0 Å². The van der Waals surface area contributed by atoms with E-state index in [1.54, 1.807) is 0 Å². The largest absolute Gasteiger partial charge is 0.393 e. The van der Waals surface area contributed by atoms with Gasteiger partial charge in [-0.1, -0.05) is 12.8 Å². The van der Waals surface area contributed by atoms with Crippen molar-refractivity contribution in [2.45, 2.75) is 63.3 Å². The van der Waals surface area contributed by atoms with Crippen LogP contribution in [0.2, 0.25) is 0 Å². The fourth-order valence-electron chi connectivity index (χ4n) is 3.47. The predicted molar refractivity (Wildman–Crippen MR) is 63.2 cm³/mol. The predicted octanol–water partition coefficient (Wildman–Crippen LogP) is 2.95. The Kier molecular flexibility index (Phi) is 4.54. The first-order chi connectivity index (χ1) is 8.47. The van der Waals surface area contributed by atoms with Crippen molar-refractivity contribution in [1.82, 2.24) is 4.90 Å². The Morgan fingerprint density at radius 3 is 2.44 bits per heavy atom. The monoisotopic (exact) mass is 265 g/mol. The molecule has 1 heterocycles. The molecule has 0 radical (unpaired) electrons. The van der Waals surface area contributed by atoms with E-state index in [1.807, 2.05) is 4.90 Å². The van der Waals surface area contributed by atoms with Crippen LogP contribution in [-0.4, -0.2) is 41.4 Å². The van der Waals surface area contributed by atoms with Crippen molar-refractivity contribution in [3.8, 4) is 0 Å². The third-order valence-electron chi connectivity index (χ3n) is 4.37. The van der Waals surface area contributed by atoms with Crippen LogP contribution in [0.1, 0.15) is 44.9 Å². The minimum absolute atomic E-state index is 0.0946. The highest BCUT2D eigenvalue weighted by atomic mass is 19.4. The van der Waals surface area contributed by atoms with E-state index < -0.39 is 12.6 Å². The van der Waals surface area contributed by atoms with Gasteiger partial charge in [-0.05, 0) is 32.2 Å². The lowest BCUT2D eigenvalue weighted by Gasteiger charge is -2.37. The number of aliphatic hydroxyl groups is 1. The molecule has 5 heteroatoms. The zero-order valence-electron chi connectivity index (χ0n) is 10.6. The second kappa shape index (κ2) is 5.78. The van der Waals surface area contributed by atoms with E-state index in [9.17, 15) is 18.3 Å². The fourth-order valence-corrected chi connectivity index (χ4v) is 3.47. The second-order valence-corrected chi connectivity index (χ2v) is 5.63. The molecular formula is C13H22F3NO. The van der Waals surface area contributed by atoms with Crippen LogP contribution in [-0.2, 0) is 0 Å². The number of hydrogen-bond acceptors (Lipinski definition) is 2. The quantitative estimate of drug-likeness (QED) is 0.848. The number of alkyl halides is 3. The van der Waals surface area contributed by atoms with E-state index in [1.165, 1.54) is 0 Å². The van der Waals surface area contributed by atoms with Crippen LogP contribution in [0.5, 0.6) is 0 Å². The molecule has 1 saturated carbocycles. The number of nitrogens with zero attached hydrogens (tertiary/aromatic N) is 1. The van der Waals surface area contributed by atoms with Gasteiger partial charge in [0.15, 0.2) is 0 Å². The van der Waals surface area contributed by atoms with E-state index >= 15 is 0 Å². The molecule has 18 heavy (non-hydrogen) atoms. The van der Waals surface area contributed by atoms with E-state index in [2.05, 4.69) is 0 Å². The molecule has 2 rings (SSSR count). The van der Waals surface area contributed by atoms with Gasteiger partial charge in [-0.25, -0.2) is 0 Å². The number of rotatable bonds is 3. The molecule has 3 unspecified atom stereocenters. The van der Waals surface area contributed by atoms with Gasteiger partial charge in [-0.15, -0.1) is 0 Å². The van der Waals surface area contributed by atoms with Gasteiger partial charge in [0.2, 0.25) is 0 Å². The van der Waals surface area contributed by atoms with Gasteiger partial charge in [0.1, 0.15) is 0 Å². The van der Waals surface area contributed by atoms with E-state index in [0.29, 0.717) is 0 Å². The molecule has 1 aliphatic heterocycles. The standard InChI is InChI=1S/C13H22F3NO/c14-13(15,16)7-9-17-8-3-5-11(17)10-4-1-2-6-12(10)18/h10-12,18H,1-9H2. The van der Waals surface area contributed by atoms with Crippen molar-refractivity contribution >= 4 is 0 Å². The normalized spacial score (nSPS) is 35.0. The van der Waals surface area contributed by atoms with Gasteiger partial charge in [-0.3, -0.25) is 4.90 Å². The third kappa shape index (κ3) is 3.60. The first kappa shape index (κ1) is 14.1. The van der Waals surface area contributed by atoms with Crippen molar-refractivity contribution in [3.05, 3.63) is 0 Å². The van der Waals surface area contributed by atoms with Crippen molar-refractivity contribution < 1.29 is 18.3 Å². The van der Waals surface area contributed by atoms with Gasteiger partial charge < -0.3 is 5.11 Å². The summed E-state index contributed by atoms with van der Waals surface area (Å²) in [7, 11) is 0. The molecule has 0 spiro atoms. The van der Waals surface area contributed by atoms with Crippen LogP contribution >= 0.6 is 0 Å². The number of hydrogen-bond donors (Lipinski definition) is 1. The number of aliphatic hydroxyl groups excluding tert-OH is 1. The zero-order chi connectivity index (χ0) is 13.2. The first-order valence-corrected chi connectivity index (χ1v) is 6.96. The summed E-state index contributed by atoms with van der Waals surface area (Å²) in [6.07, 6.45) is 0.729. The first-order valence-electron chi connectivity index (χ1n) is 6.96. The summed E-state index contributed by atoms with van der Waals surface area (Å²) in [5, 5.41) is 10.0. The summed E-state index contributed by atoms with van der Waals surface area (Å²) >= 11 is 0. The highest BCUT2D eigenvalue weighted by Crippen LogP contribution is 2.35. The maximum Gasteiger partial charge on any atom is 0.390 e. The maximum absolute atomic E-state index is 12.3. The van der Waals surface area contributed by atoms with Gasteiger partial charge in [0, 0.05) is 18.5 Å². The van der Waals surface area contributed by atoms with Gasteiger partial charge in [0.05, 0.1) is 12.5 Å². The Morgan fingerprint density at radius 1 is 1.06 bits per heavy atom. The van der Waals surface area contributed by atoms with Crippen molar-refractivity contribution in [2.75, 3.05) is 13.1 Å². The second-order valence-electron chi connectivity index (χ2n) is 5.63. The average molecular weight is 265 g/mol. The molecular weight excluding hydrogens is 243 g/mol. The Hall–Kier alpha value is -0.290. The molecule has 2 aliphatic rings. The maximum atomic E-state index is 12.3. The molecule has 0 aromatic rings. The smallest absolute Gasteiger partial charge is 0.390 e. The highest BCUT2D eigenvalue weighted by Gasteiger charge is 2.38. The van der Waals surface area contributed by atoms with Crippen molar-refractivity contribution in [2.24, 2.45) is 5.92 Å². The Bertz CT molecular complexity index is 269. The van der Waals surface area contributed by atoms with E-state index in [-0.39, 0.29) is 24.6 Å². The zero-order valence-corrected chi connectivity index (χ0v) is 10.6. The van der Waals surface area contributed by atoms with Crippen molar-refractivity contribution in [3.63, 3.8) is 0 Å². The molecule has 2 fully saturated rings. The summed E-state index contributed by atoms with van der Waals surface area (Å²) in [4.78, 5) is 1.95. The molecule has 1 aliphatic carbocycles. The topological polar surface area (TPSA) is 23.5 Å². The summed E-state index contributed by atoms with van der Waals surface area (Å²) < 4.78 is 36.8. The lowest BCUT2D eigenvalue weighted by atomic mass is 9.80. The Labute approximate surface area is 106 Å². The van der Waals surface area contributed by atoms with E-state index in [0.717, 1.165) is 45.1 Å². The van der Waals surface area contributed by atoms with Crippen LogP contribution < -0.4 is 0 Å². The Morgan fingerprint density at radius 2 is 1.78 bits per heavy atom. The minimum atomic E-state index is -4.07. The molecule has 1 saturated heterocycles. The van der Waals surface area contributed by atoms with Crippen LogP contribution in [0.25, 0.3) is 0 Å². The summed E-state index contributed by atoms with van der Waals surface area (Å²) in [6.45, 7) is 0.849. The minimum Gasteiger partial charge on any atom is -0.393 e. The van der Waals surface area contributed by atoms with Crippen molar-refractivity contribution in [1.29, 1.82) is 0 Å². The number of halogens is 3. The lowest BCUT2D eigenvalue weighted by molar-refractivity contribution is -0.139. The summed E-state index contributed by atoms with van der Waals surface area (Å²) in [5.74, 6) is 0.189. The van der Waals surface area contributed by atoms with Gasteiger partial charge >= 0.3 is 6.18 Å². The average Bonchev–Trinajstić information content (AvgIpc) is 2.74. The molecule has 1 N–H and O–H groups in total. The molecule has 0 amide bonds. The SMILES string of the molecule is OC1CCCCC1C1CCCN1CCC(F)(F)F. The van der Waals surface area contributed by atoms with Crippen LogP contribution in [0, 0.1) is 5.92 Å². The van der Waals surface area contributed by atoms with Gasteiger partial charge in [-0.2, -0.15) is 13.2 Å². The van der Waals surface area contributed by atoms with Crippen LogP contribution in [0.15, 0.2) is 0 Å². The molecule has 2 nitrogen and oxygen atoms in total. The highest BCUT2D eigenvalue weighted by molar-refractivity contribution is 4.90. The summed E-state index contributed by atoms with van der Waals surface area (Å²) in [6, 6.07) is 0.169. The fraction of sp³-hybridized carbons (Fsp3) is 1.00.